The first kappa shape index (κ1) is 12.4. The monoisotopic (exact) mass is 224 g/mol. The molecule has 16 heavy (non-hydrogen) atoms. The topological polar surface area (TPSA) is 15.3 Å². The lowest BCUT2D eigenvalue weighted by Gasteiger charge is -2.33. The zero-order valence-corrected chi connectivity index (χ0v) is 11.3. The molecule has 2 fully saturated rings. The number of hydrogen-bond acceptors (Lipinski definition) is 2. The lowest BCUT2D eigenvalue weighted by molar-refractivity contribution is 0.184. The van der Waals surface area contributed by atoms with E-state index in [1.54, 1.807) is 0 Å². The van der Waals surface area contributed by atoms with Gasteiger partial charge in [-0.1, -0.05) is 13.8 Å². The Morgan fingerprint density at radius 1 is 1.25 bits per heavy atom. The van der Waals surface area contributed by atoms with Crippen molar-refractivity contribution in [1.29, 1.82) is 0 Å². The van der Waals surface area contributed by atoms with Crippen molar-refractivity contribution < 1.29 is 0 Å². The molecule has 2 aliphatic rings. The Morgan fingerprint density at radius 3 is 2.56 bits per heavy atom. The molecule has 0 aromatic rings. The van der Waals surface area contributed by atoms with Crippen LogP contribution in [0.4, 0.5) is 0 Å². The van der Waals surface area contributed by atoms with E-state index in [4.69, 9.17) is 0 Å². The Hall–Kier alpha value is -0.0800. The van der Waals surface area contributed by atoms with Crippen molar-refractivity contribution in [3.63, 3.8) is 0 Å². The molecular formula is C14H28N2. The predicted molar refractivity (Wildman–Crippen MR) is 69.7 cm³/mol. The van der Waals surface area contributed by atoms with Gasteiger partial charge < -0.3 is 10.2 Å². The molecule has 0 amide bonds. The van der Waals surface area contributed by atoms with Crippen molar-refractivity contribution in [3.05, 3.63) is 0 Å². The Labute approximate surface area is 101 Å². The lowest BCUT2D eigenvalue weighted by atomic mass is 10.0. The fourth-order valence-corrected chi connectivity index (χ4v) is 2.79. The average Bonchev–Trinajstić information content (AvgIpc) is 2.95. The Bertz CT molecular complexity index is 223. The Balaban J connectivity index is 1.84. The highest BCUT2D eigenvalue weighted by atomic mass is 15.1. The van der Waals surface area contributed by atoms with Crippen molar-refractivity contribution in [3.8, 4) is 0 Å². The fraction of sp³-hybridized carbons (Fsp3) is 1.00. The van der Waals surface area contributed by atoms with Crippen LogP contribution >= 0.6 is 0 Å². The summed E-state index contributed by atoms with van der Waals surface area (Å²) in [7, 11) is 0. The van der Waals surface area contributed by atoms with Gasteiger partial charge in [0.05, 0.1) is 0 Å². The summed E-state index contributed by atoms with van der Waals surface area (Å²) in [6.45, 7) is 11.0. The van der Waals surface area contributed by atoms with Gasteiger partial charge in [-0.15, -0.1) is 0 Å². The van der Waals surface area contributed by atoms with Gasteiger partial charge in [-0.2, -0.15) is 0 Å². The molecule has 1 saturated heterocycles. The number of hydrogen-bond donors (Lipinski definition) is 1. The van der Waals surface area contributed by atoms with Crippen LogP contribution in [0.25, 0.3) is 0 Å². The van der Waals surface area contributed by atoms with Crippen LogP contribution in [0.2, 0.25) is 0 Å². The van der Waals surface area contributed by atoms with Crippen LogP contribution in [-0.4, -0.2) is 36.6 Å². The van der Waals surface area contributed by atoms with E-state index in [-0.39, 0.29) is 0 Å². The van der Waals surface area contributed by atoms with Crippen LogP contribution in [0.15, 0.2) is 0 Å². The van der Waals surface area contributed by atoms with Crippen molar-refractivity contribution in [2.75, 3.05) is 19.6 Å². The summed E-state index contributed by atoms with van der Waals surface area (Å²) in [4.78, 5) is 2.72. The molecule has 1 saturated carbocycles. The van der Waals surface area contributed by atoms with Crippen molar-refractivity contribution >= 4 is 0 Å². The van der Waals surface area contributed by atoms with Crippen molar-refractivity contribution in [1.82, 2.24) is 10.2 Å². The molecule has 2 unspecified atom stereocenters. The lowest BCUT2D eigenvalue weighted by Crippen LogP contribution is -2.45. The second-order valence-electron chi connectivity index (χ2n) is 6.34. The van der Waals surface area contributed by atoms with Crippen molar-refractivity contribution in [2.24, 2.45) is 5.41 Å². The highest BCUT2D eigenvalue weighted by molar-refractivity contribution is 4.92. The molecule has 1 N–H and O–H groups in total. The molecule has 0 bridgehead atoms. The van der Waals surface area contributed by atoms with Gasteiger partial charge in [-0.25, -0.2) is 0 Å². The quantitative estimate of drug-likeness (QED) is 0.793. The Morgan fingerprint density at radius 2 is 1.94 bits per heavy atom. The number of nitrogens with zero attached hydrogens (tertiary/aromatic N) is 1. The van der Waals surface area contributed by atoms with Crippen molar-refractivity contribution in [2.45, 2.75) is 65.0 Å². The standard InChI is InChI=1S/C14H28N2/c1-4-13-6-10-16(9-5-12(2)15-13)11-14(3)7-8-14/h12-13,15H,4-11H2,1-3H3. The maximum absolute atomic E-state index is 3.74. The third-order valence-corrected chi connectivity index (χ3v) is 4.39. The summed E-state index contributed by atoms with van der Waals surface area (Å²) in [5.74, 6) is 0. The average molecular weight is 224 g/mol. The van der Waals surface area contributed by atoms with E-state index < -0.39 is 0 Å². The molecule has 0 spiro atoms. The fourth-order valence-electron chi connectivity index (χ4n) is 2.79. The van der Waals surface area contributed by atoms with Gasteiger partial charge in [0.1, 0.15) is 0 Å². The van der Waals surface area contributed by atoms with E-state index in [9.17, 15) is 0 Å². The minimum Gasteiger partial charge on any atom is -0.311 e. The summed E-state index contributed by atoms with van der Waals surface area (Å²) >= 11 is 0. The normalized spacial score (nSPS) is 35.4. The first-order valence-electron chi connectivity index (χ1n) is 7.10. The van der Waals surface area contributed by atoms with Gasteiger partial charge in [0.2, 0.25) is 0 Å². The number of nitrogens with one attached hydrogen (secondary N) is 1. The van der Waals surface area contributed by atoms with Gasteiger partial charge in [-0.3, -0.25) is 0 Å². The minimum absolute atomic E-state index is 0.678. The first-order chi connectivity index (χ1) is 7.61. The van der Waals surface area contributed by atoms with Gasteiger partial charge in [-0.05, 0) is 57.5 Å². The molecule has 1 aliphatic heterocycles. The number of rotatable bonds is 3. The van der Waals surface area contributed by atoms with E-state index in [1.165, 1.54) is 51.7 Å². The van der Waals surface area contributed by atoms with Gasteiger partial charge in [0, 0.05) is 18.6 Å². The highest BCUT2D eigenvalue weighted by Gasteiger charge is 2.38. The van der Waals surface area contributed by atoms with Crippen LogP contribution in [-0.2, 0) is 0 Å². The summed E-state index contributed by atoms with van der Waals surface area (Å²) < 4.78 is 0. The molecule has 0 radical (unpaired) electrons. The maximum atomic E-state index is 3.74. The Kier molecular flexibility index (Phi) is 3.91. The van der Waals surface area contributed by atoms with Crippen LogP contribution in [0, 0.1) is 5.41 Å². The zero-order valence-electron chi connectivity index (χ0n) is 11.3. The smallest absolute Gasteiger partial charge is 0.00790 e. The first-order valence-corrected chi connectivity index (χ1v) is 7.10. The minimum atomic E-state index is 0.678. The van der Waals surface area contributed by atoms with Gasteiger partial charge in [0.25, 0.3) is 0 Å². The van der Waals surface area contributed by atoms with E-state index in [0.717, 1.165) is 6.04 Å². The molecule has 94 valence electrons. The molecule has 2 heteroatoms. The molecule has 1 heterocycles. The molecule has 0 aromatic heterocycles. The third-order valence-electron chi connectivity index (χ3n) is 4.39. The van der Waals surface area contributed by atoms with E-state index in [0.29, 0.717) is 11.5 Å². The van der Waals surface area contributed by atoms with E-state index in [1.807, 2.05) is 0 Å². The molecule has 0 aromatic carbocycles. The van der Waals surface area contributed by atoms with Crippen LogP contribution in [0.3, 0.4) is 0 Å². The largest absolute Gasteiger partial charge is 0.311 e. The van der Waals surface area contributed by atoms with E-state index in [2.05, 4.69) is 31.0 Å². The molecule has 2 atom stereocenters. The summed E-state index contributed by atoms with van der Waals surface area (Å²) in [5, 5.41) is 3.74. The SMILES string of the molecule is CCC1CCN(CC2(C)CC2)CCC(C)N1. The van der Waals surface area contributed by atoms with Crippen LogP contribution < -0.4 is 5.32 Å². The summed E-state index contributed by atoms with van der Waals surface area (Å²) in [6.07, 6.45) is 6.82. The highest BCUT2D eigenvalue weighted by Crippen LogP contribution is 2.45. The molecule has 2 rings (SSSR count). The maximum Gasteiger partial charge on any atom is 0.00790 e. The summed E-state index contributed by atoms with van der Waals surface area (Å²) in [5.41, 5.74) is 0.678. The van der Waals surface area contributed by atoms with Gasteiger partial charge >= 0.3 is 0 Å². The molecule has 2 nitrogen and oxygen atoms in total. The van der Waals surface area contributed by atoms with E-state index >= 15 is 0 Å². The molecular weight excluding hydrogens is 196 g/mol. The van der Waals surface area contributed by atoms with Crippen LogP contribution in [0.5, 0.6) is 0 Å². The second kappa shape index (κ2) is 5.05. The van der Waals surface area contributed by atoms with Crippen LogP contribution in [0.1, 0.15) is 52.9 Å². The summed E-state index contributed by atoms with van der Waals surface area (Å²) in [6, 6.07) is 1.43. The second-order valence-corrected chi connectivity index (χ2v) is 6.34. The predicted octanol–water partition coefficient (Wildman–Crippen LogP) is 2.64. The van der Waals surface area contributed by atoms with Gasteiger partial charge in [0.15, 0.2) is 0 Å². The molecule has 1 aliphatic carbocycles. The third kappa shape index (κ3) is 3.46. The zero-order chi connectivity index (χ0) is 11.6.